The number of fused-ring (bicyclic) bond motifs is 2. The maximum absolute atomic E-state index is 10.7. The molecule has 3 N–H and O–H groups in total. The molecule has 0 radical (unpaired) electrons. The number of aromatic nitrogens is 1. The Kier molecular flexibility index (Phi) is 8.19. The molecule has 0 spiro atoms. The van der Waals surface area contributed by atoms with Crippen molar-refractivity contribution >= 4 is 68.8 Å². The van der Waals surface area contributed by atoms with E-state index in [1.165, 1.54) is 0 Å². The molecule has 3 aromatic rings. The number of benzene rings is 2. The normalized spacial score (nSPS) is 16.9. The number of nitrogens with one attached hydrogen (secondary N) is 2. The van der Waals surface area contributed by atoms with Crippen LogP contribution in [0.2, 0.25) is 0 Å². The predicted octanol–water partition coefficient (Wildman–Crippen LogP) is 4.24. The van der Waals surface area contributed by atoms with E-state index in [4.69, 9.17) is 9.83 Å². The molecular formula is C22H24BrCl2N5O2. The Balaban J connectivity index is 0.00000144. The minimum absolute atomic E-state index is 0. The number of oxime groups is 1. The van der Waals surface area contributed by atoms with Crippen LogP contribution in [0.25, 0.3) is 10.9 Å². The Morgan fingerprint density at radius 2 is 1.88 bits per heavy atom. The number of aromatic amines is 1. The summed E-state index contributed by atoms with van der Waals surface area (Å²) in [4.78, 5) is 15.9. The fraction of sp³-hybridized carbons (Fsp3) is 0.273. The number of hydrogen-bond donors (Lipinski definition) is 3. The van der Waals surface area contributed by atoms with E-state index in [-0.39, 0.29) is 30.7 Å². The fourth-order valence-corrected chi connectivity index (χ4v) is 4.43. The van der Waals surface area contributed by atoms with Crippen LogP contribution in [0, 0.1) is 0 Å². The Morgan fingerprint density at radius 1 is 1.09 bits per heavy atom. The zero-order valence-corrected chi connectivity index (χ0v) is 20.4. The molecule has 1 aromatic heterocycles. The third-order valence-electron chi connectivity index (χ3n) is 5.48. The van der Waals surface area contributed by atoms with Gasteiger partial charge in [0.15, 0.2) is 5.88 Å². The number of aromatic hydroxyl groups is 1. The Hall–Kier alpha value is -2.10. The van der Waals surface area contributed by atoms with Crippen LogP contribution in [0.5, 0.6) is 5.88 Å². The maximum Gasteiger partial charge on any atom is 0.199 e. The number of nitrogens with zero attached hydrogens (tertiary/aromatic N) is 3. The highest BCUT2D eigenvalue weighted by atomic mass is 79.9. The molecule has 2 aliphatic rings. The van der Waals surface area contributed by atoms with Crippen LogP contribution >= 0.6 is 40.7 Å². The molecule has 0 amide bonds. The Bertz CT molecular complexity index is 1160. The summed E-state index contributed by atoms with van der Waals surface area (Å²) in [7, 11) is 0. The Morgan fingerprint density at radius 3 is 2.69 bits per heavy atom. The van der Waals surface area contributed by atoms with Gasteiger partial charge < -0.3 is 20.2 Å². The lowest BCUT2D eigenvalue weighted by Crippen LogP contribution is -2.44. The van der Waals surface area contributed by atoms with Gasteiger partial charge in [0.05, 0.1) is 16.8 Å². The van der Waals surface area contributed by atoms with Gasteiger partial charge in [-0.2, -0.15) is 0 Å². The lowest BCUT2D eigenvalue weighted by atomic mass is 10.0. The van der Waals surface area contributed by atoms with Crippen molar-refractivity contribution in [3.63, 3.8) is 0 Å². The second-order valence-electron chi connectivity index (χ2n) is 7.35. The second-order valence-corrected chi connectivity index (χ2v) is 8.21. The van der Waals surface area contributed by atoms with Crippen LogP contribution < -0.4 is 5.32 Å². The molecule has 32 heavy (non-hydrogen) atoms. The molecule has 5 rings (SSSR count). The first kappa shape index (κ1) is 24.5. The lowest BCUT2D eigenvalue weighted by Gasteiger charge is -2.26. The summed E-state index contributed by atoms with van der Waals surface area (Å²) in [5, 5.41) is 19.4. The van der Waals surface area contributed by atoms with Gasteiger partial charge in [-0.05, 0) is 28.1 Å². The molecule has 0 saturated carbocycles. The van der Waals surface area contributed by atoms with E-state index in [1.807, 2.05) is 42.5 Å². The number of halogens is 3. The monoisotopic (exact) mass is 539 g/mol. The van der Waals surface area contributed by atoms with Gasteiger partial charge in [-0.3, -0.25) is 4.90 Å². The number of hydrogen-bond acceptors (Lipinski definition) is 6. The van der Waals surface area contributed by atoms with Crippen molar-refractivity contribution in [3.05, 3.63) is 58.1 Å². The quantitative estimate of drug-likeness (QED) is 0.334. The van der Waals surface area contributed by atoms with Gasteiger partial charge in [0, 0.05) is 48.1 Å². The number of H-pyrrole nitrogens is 1. The maximum atomic E-state index is 10.7. The third-order valence-corrected chi connectivity index (χ3v) is 6.14. The molecule has 2 aromatic carbocycles. The first-order valence-corrected chi connectivity index (χ1v) is 10.8. The summed E-state index contributed by atoms with van der Waals surface area (Å²) in [6.07, 6.45) is 0. The molecule has 3 heterocycles. The summed E-state index contributed by atoms with van der Waals surface area (Å²) in [6.45, 7) is 5.39. The lowest BCUT2D eigenvalue weighted by molar-refractivity contribution is 0.106. The van der Waals surface area contributed by atoms with E-state index in [1.54, 1.807) is 0 Å². The molecule has 0 atom stereocenters. The highest BCUT2D eigenvalue weighted by Gasteiger charge is 2.29. The van der Waals surface area contributed by atoms with Crippen LogP contribution in [0.15, 0.2) is 57.1 Å². The molecule has 10 heteroatoms. The van der Waals surface area contributed by atoms with E-state index in [0.29, 0.717) is 23.6 Å². The molecule has 0 bridgehead atoms. The topological polar surface area (TPSA) is 85.2 Å². The average Bonchev–Trinajstić information content (AvgIpc) is 3.29. The van der Waals surface area contributed by atoms with Crippen molar-refractivity contribution in [1.82, 2.24) is 15.2 Å². The van der Waals surface area contributed by atoms with E-state index in [9.17, 15) is 5.11 Å². The molecule has 0 aliphatic carbocycles. The molecular weight excluding hydrogens is 517 g/mol. The van der Waals surface area contributed by atoms with Crippen molar-refractivity contribution in [1.29, 1.82) is 0 Å². The molecule has 7 nitrogen and oxygen atoms in total. The van der Waals surface area contributed by atoms with Crippen molar-refractivity contribution in [2.24, 2.45) is 10.1 Å². The van der Waals surface area contributed by atoms with Crippen LogP contribution in [0.3, 0.4) is 0 Å². The van der Waals surface area contributed by atoms with Crippen molar-refractivity contribution in [2.45, 2.75) is 0 Å². The van der Waals surface area contributed by atoms with Crippen LogP contribution in [-0.4, -0.2) is 65.7 Å². The van der Waals surface area contributed by atoms with Gasteiger partial charge in [0.2, 0.25) is 0 Å². The summed E-state index contributed by atoms with van der Waals surface area (Å²) in [6, 6.07) is 13.7. The molecule has 170 valence electrons. The zero-order chi connectivity index (χ0) is 20.5. The summed E-state index contributed by atoms with van der Waals surface area (Å²) in [5.74, 6) is 0.0666. The predicted molar refractivity (Wildman–Crippen MR) is 137 cm³/mol. The van der Waals surface area contributed by atoms with Crippen molar-refractivity contribution in [2.75, 3.05) is 39.3 Å². The standard InChI is InChI=1S/C22H22BrN5O2.2ClH/c23-16-6-3-5-15-18(22(29)26-19(15)16)21-20(14-4-1-2-7-17(14)25-21)27-30-13-12-28-10-8-24-9-11-28;;/h1-7,24,26,29H,8-13H2;2*1H. The van der Waals surface area contributed by atoms with Crippen LogP contribution in [0.4, 0.5) is 5.69 Å². The zero-order valence-electron chi connectivity index (χ0n) is 17.2. The van der Waals surface area contributed by atoms with Gasteiger partial charge in [0.1, 0.15) is 18.0 Å². The SMILES string of the molecule is Cl.Cl.Oc1[nH]c2c(Br)cccc2c1C1=Nc2ccccc2C1=NOCCN1CCNCC1. The first-order chi connectivity index (χ1) is 14.7. The minimum atomic E-state index is 0. The number of piperazine rings is 1. The number of para-hydroxylation sites is 2. The summed E-state index contributed by atoms with van der Waals surface area (Å²) >= 11 is 3.54. The molecule has 1 saturated heterocycles. The van der Waals surface area contributed by atoms with E-state index in [0.717, 1.165) is 59.4 Å². The molecule has 1 fully saturated rings. The van der Waals surface area contributed by atoms with Crippen LogP contribution in [-0.2, 0) is 4.84 Å². The van der Waals surface area contributed by atoms with Gasteiger partial charge >= 0.3 is 0 Å². The van der Waals surface area contributed by atoms with Crippen molar-refractivity contribution < 1.29 is 9.94 Å². The first-order valence-electron chi connectivity index (χ1n) is 10.0. The van der Waals surface area contributed by atoms with Gasteiger partial charge in [-0.1, -0.05) is 35.5 Å². The third kappa shape index (κ3) is 4.65. The molecule has 2 aliphatic heterocycles. The fourth-order valence-electron chi connectivity index (χ4n) is 3.96. The largest absolute Gasteiger partial charge is 0.494 e. The highest BCUT2D eigenvalue weighted by Crippen LogP contribution is 2.37. The van der Waals surface area contributed by atoms with Gasteiger partial charge in [-0.25, -0.2) is 4.99 Å². The number of aliphatic imine (C=N–C) groups is 1. The van der Waals surface area contributed by atoms with Crippen LogP contribution in [0.1, 0.15) is 11.1 Å². The average molecular weight is 541 g/mol. The van der Waals surface area contributed by atoms with E-state index in [2.05, 4.69) is 36.3 Å². The van der Waals surface area contributed by atoms with E-state index < -0.39 is 0 Å². The van der Waals surface area contributed by atoms with Gasteiger partial charge in [-0.15, -0.1) is 24.8 Å². The molecule has 0 unspecified atom stereocenters. The number of rotatable bonds is 5. The summed E-state index contributed by atoms with van der Waals surface area (Å²) < 4.78 is 0.878. The van der Waals surface area contributed by atoms with Crippen molar-refractivity contribution in [3.8, 4) is 5.88 Å². The van der Waals surface area contributed by atoms with E-state index >= 15 is 0 Å². The van der Waals surface area contributed by atoms with Gasteiger partial charge in [0.25, 0.3) is 0 Å². The minimum Gasteiger partial charge on any atom is -0.494 e. The highest BCUT2D eigenvalue weighted by molar-refractivity contribution is 9.10. The second kappa shape index (κ2) is 10.7. The smallest absolute Gasteiger partial charge is 0.199 e. The summed E-state index contributed by atoms with van der Waals surface area (Å²) in [5.41, 5.74) is 4.43. The Labute approximate surface area is 206 Å².